The van der Waals surface area contributed by atoms with Gasteiger partial charge in [-0.1, -0.05) is 6.07 Å². The molecule has 2 rings (SSSR count). The Bertz CT molecular complexity index is 612. The van der Waals surface area contributed by atoms with Crippen LogP contribution in [0.25, 0.3) is 0 Å². The van der Waals surface area contributed by atoms with Crippen molar-refractivity contribution >= 4 is 11.3 Å². The molecule has 1 N–H and O–H groups in total. The minimum Gasteiger partial charge on any atom is -0.493 e. The number of thiazole rings is 1. The van der Waals surface area contributed by atoms with Crippen LogP contribution in [0.15, 0.2) is 24.4 Å². The van der Waals surface area contributed by atoms with Gasteiger partial charge in [0.1, 0.15) is 5.01 Å². The van der Waals surface area contributed by atoms with E-state index >= 15 is 0 Å². The Labute approximate surface area is 136 Å². The van der Waals surface area contributed by atoms with Gasteiger partial charge in [0.05, 0.1) is 20.3 Å². The van der Waals surface area contributed by atoms with Crippen molar-refractivity contribution in [2.24, 2.45) is 0 Å². The molecular formula is C17H24N2O2S. The molecule has 120 valence electrons. The van der Waals surface area contributed by atoms with Crippen LogP contribution in [-0.2, 0) is 6.42 Å². The van der Waals surface area contributed by atoms with Gasteiger partial charge < -0.3 is 14.8 Å². The molecule has 0 saturated carbocycles. The number of hydrogen-bond donors (Lipinski definition) is 1. The number of nitrogens with one attached hydrogen (secondary N) is 1. The molecule has 0 spiro atoms. The molecule has 0 aliphatic heterocycles. The van der Waals surface area contributed by atoms with Crippen molar-refractivity contribution in [2.75, 3.05) is 14.2 Å². The van der Waals surface area contributed by atoms with Gasteiger partial charge in [0.25, 0.3) is 0 Å². The Hall–Kier alpha value is -1.59. The summed E-state index contributed by atoms with van der Waals surface area (Å²) in [6, 6.07) is 6.67. The van der Waals surface area contributed by atoms with Gasteiger partial charge in [-0.15, -0.1) is 11.3 Å². The SMILES string of the molecule is COc1ccc(CC(C)NC(C)c2ncc(C)s2)cc1OC. The second kappa shape index (κ2) is 7.61. The molecule has 0 amide bonds. The molecule has 1 heterocycles. The van der Waals surface area contributed by atoms with Gasteiger partial charge in [0.15, 0.2) is 11.5 Å². The van der Waals surface area contributed by atoms with Gasteiger partial charge in [0, 0.05) is 17.1 Å². The zero-order valence-electron chi connectivity index (χ0n) is 13.8. The van der Waals surface area contributed by atoms with Gasteiger partial charge in [-0.2, -0.15) is 0 Å². The lowest BCUT2D eigenvalue weighted by molar-refractivity contribution is 0.354. The van der Waals surface area contributed by atoms with Crippen molar-refractivity contribution < 1.29 is 9.47 Å². The minimum atomic E-state index is 0.258. The van der Waals surface area contributed by atoms with Crippen LogP contribution < -0.4 is 14.8 Å². The molecule has 4 nitrogen and oxygen atoms in total. The van der Waals surface area contributed by atoms with E-state index < -0.39 is 0 Å². The van der Waals surface area contributed by atoms with E-state index in [1.54, 1.807) is 25.6 Å². The van der Waals surface area contributed by atoms with Crippen LogP contribution in [0.3, 0.4) is 0 Å². The first kappa shape index (κ1) is 16.8. The molecule has 0 radical (unpaired) electrons. The number of rotatable bonds is 7. The van der Waals surface area contributed by atoms with E-state index in [0.717, 1.165) is 22.9 Å². The van der Waals surface area contributed by atoms with Crippen molar-refractivity contribution in [1.82, 2.24) is 10.3 Å². The summed E-state index contributed by atoms with van der Waals surface area (Å²) in [5.41, 5.74) is 1.22. The third-order valence-corrected chi connectivity index (χ3v) is 4.63. The lowest BCUT2D eigenvalue weighted by Crippen LogP contribution is -2.30. The minimum absolute atomic E-state index is 0.258. The predicted molar refractivity (Wildman–Crippen MR) is 91.1 cm³/mol. The Kier molecular flexibility index (Phi) is 5.80. The summed E-state index contributed by atoms with van der Waals surface area (Å²) in [5.74, 6) is 1.54. The Balaban J connectivity index is 1.98. The molecule has 1 aromatic carbocycles. The Morgan fingerprint density at radius 2 is 1.91 bits per heavy atom. The molecule has 0 bridgehead atoms. The van der Waals surface area contributed by atoms with Crippen molar-refractivity contribution in [2.45, 2.75) is 39.3 Å². The summed E-state index contributed by atoms with van der Waals surface area (Å²) in [6.07, 6.45) is 2.85. The summed E-state index contributed by atoms with van der Waals surface area (Å²) in [6.45, 7) is 6.43. The fourth-order valence-electron chi connectivity index (χ4n) is 2.49. The smallest absolute Gasteiger partial charge is 0.160 e. The number of ether oxygens (including phenoxy) is 2. The average molecular weight is 320 g/mol. The van der Waals surface area contributed by atoms with Crippen molar-refractivity contribution in [1.29, 1.82) is 0 Å². The lowest BCUT2D eigenvalue weighted by Gasteiger charge is -2.19. The summed E-state index contributed by atoms with van der Waals surface area (Å²) in [4.78, 5) is 5.69. The first-order valence-electron chi connectivity index (χ1n) is 7.42. The molecule has 0 fully saturated rings. The lowest BCUT2D eigenvalue weighted by atomic mass is 10.1. The number of methoxy groups -OCH3 is 2. The highest BCUT2D eigenvalue weighted by molar-refractivity contribution is 7.11. The molecule has 5 heteroatoms. The number of benzene rings is 1. The summed E-state index contributed by atoms with van der Waals surface area (Å²) >= 11 is 1.74. The monoisotopic (exact) mass is 320 g/mol. The normalized spacial score (nSPS) is 13.7. The molecule has 1 aromatic heterocycles. The van der Waals surface area contributed by atoms with E-state index in [-0.39, 0.29) is 6.04 Å². The molecule has 22 heavy (non-hydrogen) atoms. The Morgan fingerprint density at radius 1 is 1.18 bits per heavy atom. The second-order valence-electron chi connectivity index (χ2n) is 5.49. The predicted octanol–water partition coefficient (Wildman–Crippen LogP) is 3.75. The second-order valence-corrected chi connectivity index (χ2v) is 6.76. The van der Waals surface area contributed by atoms with Crippen LogP contribution in [0.1, 0.15) is 35.3 Å². The maximum absolute atomic E-state index is 5.36. The van der Waals surface area contributed by atoms with Crippen LogP contribution in [0.2, 0.25) is 0 Å². The van der Waals surface area contributed by atoms with E-state index in [0.29, 0.717) is 6.04 Å². The first-order valence-corrected chi connectivity index (χ1v) is 8.24. The third-order valence-electron chi connectivity index (χ3n) is 3.53. The van der Waals surface area contributed by atoms with Gasteiger partial charge in [-0.3, -0.25) is 0 Å². The number of hydrogen-bond acceptors (Lipinski definition) is 5. The summed E-state index contributed by atoms with van der Waals surface area (Å²) in [5, 5.41) is 4.74. The number of nitrogens with zero attached hydrogens (tertiary/aromatic N) is 1. The quantitative estimate of drug-likeness (QED) is 0.844. The maximum Gasteiger partial charge on any atom is 0.160 e. The van der Waals surface area contributed by atoms with Crippen LogP contribution in [0.4, 0.5) is 0 Å². The topological polar surface area (TPSA) is 43.4 Å². The molecule has 0 saturated heterocycles. The van der Waals surface area contributed by atoms with Gasteiger partial charge in [0.2, 0.25) is 0 Å². The number of aryl methyl sites for hydroxylation is 1. The summed E-state index contributed by atoms with van der Waals surface area (Å²) in [7, 11) is 3.32. The molecular weight excluding hydrogens is 296 g/mol. The fraction of sp³-hybridized carbons (Fsp3) is 0.471. The van der Waals surface area contributed by atoms with E-state index in [2.05, 4.69) is 37.1 Å². The number of aromatic nitrogens is 1. The van der Waals surface area contributed by atoms with Crippen molar-refractivity contribution in [3.63, 3.8) is 0 Å². The molecule has 2 aromatic rings. The third kappa shape index (κ3) is 4.21. The van der Waals surface area contributed by atoms with Crippen LogP contribution in [-0.4, -0.2) is 25.2 Å². The molecule has 0 aliphatic rings. The highest BCUT2D eigenvalue weighted by Gasteiger charge is 2.14. The van der Waals surface area contributed by atoms with E-state index in [9.17, 15) is 0 Å². The highest BCUT2D eigenvalue weighted by Crippen LogP contribution is 2.28. The molecule has 2 atom stereocenters. The van der Waals surface area contributed by atoms with Crippen molar-refractivity contribution in [3.8, 4) is 11.5 Å². The highest BCUT2D eigenvalue weighted by atomic mass is 32.1. The van der Waals surface area contributed by atoms with E-state index in [4.69, 9.17) is 9.47 Å². The Morgan fingerprint density at radius 3 is 2.50 bits per heavy atom. The van der Waals surface area contributed by atoms with Gasteiger partial charge in [-0.25, -0.2) is 4.98 Å². The zero-order valence-corrected chi connectivity index (χ0v) is 14.7. The molecule has 0 aliphatic carbocycles. The van der Waals surface area contributed by atoms with E-state index in [1.165, 1.54) is 10.4 Å². The van der Waals surface area contributed by atoms with Gasteiger partial charge in [-0.05, 0) is 44.9 Å². The zero-order chi connectivity index (χ0) is 16.1. The van der Waals surface area contributed by atoms with Crippen LogP contribution >= 0.6 is 11.3 Å². The first-order chi connectivity index (χ1) is 10.5. The maximum atomic E-state index is 5.36. The fourth-order valence-corrected chi connectivity index (χ4v) is 3.28. The summed E-state index contributed by atoms with van der Waals surface area (Å²) < 4.78 is 10.6. The van der Waals surface area contributed by atoms with Gasteiger partial charge >= 0.3 is 0 Å². The van der Waals surface area contributed by atoms with Crippen LogP contribution in [0.5, 0.6) is 11.5 Å². The molecule has 2 unspecified atom stereocenters. The average Bonchev–Trinajstić information content (AvgIpc) is 2.93. The largest absolute Gasteiger partial charge is 0.493 e. The van der Waals surface area contributed by atoms with E-state index in [1.807, 2.05) is 18.3 Å². The van der Waals surface area contributed by atoms with Crippen LogP contribution in [0, 0.1) is 6.92 Å². The standard InChI is InChI=1S/C17H24N2O2S/c1-11(19-13(3)17-18-10-12(2)22-17)8-14-6-7-15(20-4)16(9-14)21-5/h6-7,9-11,13,19H,8H2,1-5H3. The van der Waals surface area contributed by atoms with Crippen molar-refractivity contribution in [3.05, 3.63) is 39.8 Å².